The first-order valence-electron chi connectivity index (χ1n) is 11.1. The number of fused-ring (bicyclic) bond motifs is 1. The molecule has 4 aliphatic carbocycles. The Hall–Kier alpha value is -2.07. The van der Waals surface area contributed by atoms with E-state index in [0.29, 0.717) is 12.5 Å². The predicted molar refractivity (Wildman–Crippen MR) is 118 cm³/mol. The lowest BCUT2D eigenvalue weighted by Gasteiger charge is -2.55. The third-order valence-electron chi connectivity index (χ3n) is 7.87. The van der Waals surface area contributed by atoms with Gasteiger partial charge in [-0.2, -0.15) is 0 Å². The van der Waals surface area contributed by atoms with E-state index in [4.69, 9.17) is 0 Å². The molecule has 0 radical (unpaired) electrons. The smallest absolute Gasteiger partial charge is 0.226 e. The van der Waals surface area contributed by atoms with Crippen molar-refractivity contribution in [1.82, 2.24) is 10.3 Å². The molecule has 3 aromatic rings. The molecule has 1 amide bonds. The van der Waals surface area contributed by atoms with Crippen molar-refractivity contribution < 1.29 is 4.79 Å². The maximum Gasteiger partial charge on any atom is 0.226 e. The van der Waals surface area contributed by atoms with Crippen LogP contribution in [0.4, 0.5) is 0 Å². The van der Waals surface area contributed by atoms with E-state index in [2.05, 4.69) is 58.3 Å². The summed E-state index contributed by atoms with van der Waals surface area (Å²) in [6.07, 6.45) is 9.63. The standard InChI is InChI=1S/C25H28N2OS/c28-24(25-11-16-8-17(12-25)10-18(9-16)13-25)27-15-21(23-6-3-7-29-23)20-14-26-22-5-2-1-4-19(20)22/h1-7,14,16-18,21,26H,8-13,15H2,(H,27,28). The second kappa shape index (κ2) is 6.73. The Balaban J connectivity index is 1.27. The van der Waals surface area contributed by atoms with E-state index in [1.54, 1.807) is 11.3 Å². The van der Waals surface area contributed by atoms with Gasteiger partial charge in [0.1, 0.15) is 0 Å². The van der Waals surface area contributed by atoms with Crippen LogP contribution < -0.4 is 5.32 Å². The number of nitrogens with one attached hydrogen (secondary N) is 2. The summed E-state index contributed by atoms with van der Waals surface area (Å²) >= 11 is 1.78. The first-order chi connectivity index (χ1) is 14.2. The summed E-state index contributed by atoms with van der Waals surface area (Å²) in [7, 11) is 0. The summed E-state index contributed by atoms with van der Waals surface area (Å²) < 4.78 is 0. The molecule has 7 rings (SSSR count). The Morgan fingerprint density at radius 2 is 1.79 bits per heavy atom. The van der Waals surface area contributed by atoms with Crippen LogP contribution in [0.15, 0.2) is 48.0 Å². The summed E-state index contributed by atoms with van der Waals surface area (Å²) in [4.78, 5) is 18.2. The van der Waals surface area contributed by atoms with Gasteiger partial charge in [0, 0.05) is 39.9 Å². The topological polar surface area (TPSA) is 44.9 Å². The largest absolute Gasteiger partial charge is 0.361 e. The van der Waals surface area contributed by atoms with E-state index in [1.807, 2.05) is 0 Å². The SMILES string of the molecule is O=C(NCC(c1cccs1)c1c[nH]c2ccccc12)C12CC3CC(CC(C3)C1)C2. The van der Waals surface area contributed by atoms with Gasteiger partial charge in [-0.05, 0) is 79.4 Å². The van der Waals surface area contributed by atoms with Gasteiger partial charge in [0.15, 0.2) is 0 Å². The average Bonchev–Trinajstić information content (AvgIpc) is 3.38. The Bertz CT molecular complexity index is 999. The molecule has 3 nitrogen and oxygen atoms in total. The van der Waals surface area contributed by atoms with Crippen molar-refractivity contribution in [3.8, 4) is 0 Å². The van der Waals surface area contributed by atoms with Gasteiger partial charge in [-0.1, -0.05) is 24.3 Å². The van der Waals surface area contributed by atoms with Crippen LogP contribution in [0.3, 0.4) is 0 Å². The third-order valence-corrected chi connectivity index (χ3v) is 8.86. The highest BCUT2D eigenvalue weighted by Crippen LogP contribution is 2.60. The van der Waals surface area contributed by atoms with E-state index in [9.17, 15) is 4.79 Å². The van der Waals surface area contributed by atoms with Crippen LogP contribution in [0.25, 0.3) is 10.9 Å². The van der Waals surface area contributed by atoms with Crippen LogP contribution in [0.1, 0.15) is 54.9 Å². The molecule has 4 saturated carbocycles. The summed E-state index contributed by atoms with van der Waals surface area (Å²) in [5.74, 6) is 2.93. The van der Waals surface area contributed by atoms with Crippen molar-refractivity contribution in [3.05, 3.63) is 58.4 Å². The Morgan fingerprint density at radius 3 is 2.48 bits per heavy atom. The number of amides is 1. The lowest BCUT2D eigenvalue weighted by Crippen LogP contribution is -2.54. The van der Waals surface area contributed by atoms with Crippen LogP contribution in [0.2, 0.25) is 0 Å². The van der Waals surface area contributed by atoms with Crippen molar-refractivity contribution >= 4 is 28.1 Å². The summed E-state index contributed by atoms with van der Waals surface area (Å²) in [6.45, 7) is 0.683. The van der Waals surface area contributed by atoms with Gasteiger partial charge in [0.2, 0.25) is 5.91 Å². The average molecular weight is 405 g/mol. The van der Waals surface area contributed by atoms with Crippen molar-refractivity contribution in [1.29, 1.82) is 0 Å². The van der Waals surface area contributed by atoms with Crippen molar-refractivity contribution in [3.63, 3.8) is 0 Å². The molecule has 2 heterocycles. The first-order valence-corrected chi connectivity index (χ1v) is 12.0. The zero-order valence-electron chi connectivity index (χ0n) is 16.7. The summed E-state index contributed by atoms with van der Waals surface area (Å²) in [5, 5.41) is 6.83. The fraction of sp³-hybridized carbons (Fsp3) is 0.480. The van der Waals surface area contributed by atoms with E-state index < -0.39 is 0 Å². The minimum atomic E-state index is -0.0744. The molecule has 4 bridgehead atoms. The van der Waals surface area contributed by atoms with Crippen LogP contribution in [-0.2, 0) is 4.79 Å². The van der Waals surface area contributed by atoms with Gasteiger partial charge < -0.3 is 10.3 Å². The number of benzene rings is 1. The molecule has 29 heavy (non-hydrogen) atoms. The molecule has 1 aromatic carbocycles. The highest BCUT2D eigenvalue weighted by atomic mass is 32.1. The molecule has 1 atom stereocenters. The van der Waals surface area contributed by atoms with Crippen molar-refractivity contribution in [2.75, 3.05) is 6.54 Å². The van der Waals surface area contributed by atoms with E-state index >= 15 is 0 Å². The number of H-pyrrole nitrogens is 1. The zero-order valence-corrected chi connectivity index (χ0v) is 17.5. The quantitative estimate of drug-likeness (QED) is 0.563. The fourth-order valence-electron chi connectivity index (χ4n) is 7.01. The van der Waals surface area contributed by atoms with Crippen LogP contribution >= 0.6 is 11.3 Å². The number of para-hydroxylation sites is 1. The number of thiophene rings is 1. The molecule has 0 spiro atoms. The summed E-state index contributed by atoms with van der Waals surface area (Å²) in [5.41, 5.74) is 2.37. The number of carbonyl (C=O) groups is 1. The number of hydrogen-bond acceptors (Lipinski definition) is 2. The van der Waals surface area contributed by atoms with Gasteiger partial charge in [-0.3, -0.25) is 4.79 Å². The molecule has 4 heteroatoms. The zero-order chi connectivity index (χ0) is 19.4. The molecule has 150 valence electrons. The van der Waals surface area contributed by atoms with Gasteiger partial charge in [-0.25, -0.2) is 0 Å². The molecular formula is C25H28N2OS. The van der Waals surface area contributed by atoms with Gasteiger partial charge in [0.25, 0.3) is 0 Å². The second-order valence-corrected chi connectivity index (χ2v) is 10.7. The highest BCUT2D eigenvalue weighted by molar-refractivity contribution is 7.10. The van der Waals surface area contributed by atoms with Gasteiger partial charge in [0.05, 0.1) is 0 Å². The lowest BCUT2D eigenvalue weighted by molar-refractivity contribution is -0.146. The van der Waals surface area contributed by atoms with Crippen LogP contribution in [0.5, 0.6) is 0 Å². The minimum absolute atomic E-state index is 0.0744. The van der Waals surface area contributed by atoms with Gasteiger partial charge >= 0.3 is 0 Å². The van der Waals surface area contributed by atoms with Crippen molar-refractivity contribution in [2.24, 2.45) is 23.2 Å². The van der Waals surface area contributed by atoms with Crippen molar-refractivity contribution in [2.45, 2.75) is 44.4 Å². The molecule has 2 aromatic heterocycles. The Labute approximate surface area is 175 Å². The number of aromatic nitrogens is 1. The fourth-order valence-corrected chi connectivity index (χ4v) is 7.85. The predicted octanol–water partition coefficient (Wildman–Crippen LogP) is 5.69. The Morgan fingerprint density at radius 1 is 1.07 bits per heavy atom. The second-order valence-electron chi connectivity index (χ2n) is 9.77. The number of carbonyl (C=O) groups excluding carboxylic acids is 1. The molecule has 4 aliphatic rings. The van der Waals surface area contributed by atoms with E-state index in [0.717, 1.165) is 42.5 Å². The van der Waals surface area contributed by atoms with E-state index in [1.165, 1.54) is 35.1 Å². The molecular weight excluding hydrogens is 376 g/mol. The molecule has 1 unspecified atom stereocenters. The number of aromatic amines is 1. The summed E-state index contributed by atoms with van der Waals surface area (Å²) in [6, 6.07) is 12.8. The first kappa shape index (κ1) is 17.8. The van der Waals surface area contributed by atoms with Crippen LogP contribution in [-0.4, -0.2) is 17.4 Å². The highest BCUT2D eigenvalue weighted by Gasteiger charge is 2.54. The number of rotatable bonds is 5. The lowest BCUT2D eigenvalue weighted by atomic mass is 9.49. The minimum Gasteiger partial charge on any atom is -0.361 e. The van der Waals surface area contributed by atoms with E-state index in [-0.39, 0.29) is 11.3 Å². The monoisotopic (exact) mass is 404 g/mol. The third kappa shape index (κ3) is 2.95. The van der Waals surface area contributed by atoms with Gasteiger partial charge in [-0.15, -0.1) is 11.3 Å². The maximum atomic E-state index is 13.5. The molecule has 0 saturated heterocycles. The van der Waals surface area contributed by atoms with Crippen LogP contribution in [0, 0.1) is 23.2 Å². The number of hydrogen-bond donors (Lipinski definition) is 2. The normalized spacial score (nSPS) is 31.2. The maximum absolute atomic E-state index is 13.5. The molecule has 2 N–H and O–H groups in total. The molecule has 4 fully saturated rings. The molecule has 0 aliphatic heterocycles. The Kier molecular flexibility index (Phi) is 4.12.